The Hall–Kier alpha value is -1.24. The molecular formula is C21H31N5S. The van der Waals surface area contributed by atoms with E-state index in [-0.39, 0.29) is 0 Å². The molecule has 6 heteroatoms. The van der Waals surface area contributed by atoms with Crippen molar-refractivity contribution in [2.24, 2.45) is 17.3 Å². The van der Waals surface area contributed by atoms with Crippen molar-refractivity contribution in [3.63, 3.8) is 0 Å². The number of nitrogens with zero attached hydrogens (tertiary/aromatic N) is 4. The van der Waals surface area contributed by atoms with Gasteiger partial charge in [-0.1, -0.05) is 20.8 Å². The lowest BCUT2D eigenvalue weighted by Gasteiger charge is -2.56. The van der Waals surface area contributed by atoms with Crippen LogP contribution in [0.2, 0.25) is 0 Å². The minimum Gasteiger partial charge on any atom is -0.355 e. The lowest BCUT2D eigenvalue weighted by atomic mass is 9.74. The molecule has 5 heterocycles. The molecule has 1 N–H and O–H groups in total. The van der Waals surface area contributed by atoms with Crippen molar-refractivity contribution in [2.45, 2.75) is 39.7 Å². The van der Waals surface area contributed by atoms with E-state index in [1.807, 2.05) is 11.3 Å². The van der Waals surface area contributed by atoms with E-state index in [4.69, 9.17) is 4.98 Å². The van der Waals surface area contributed by atoms with Gasteiger partial charge in [0.15, 0.2) is 0 Å². The second-order valence-electron chi connectivity index (χ2n) is 9.21. The highest BCUT2D eigenvalue weighted by molar-refractivity contribution is 7.18. The summed E-state index contributed by atoms with van der Waals surface area (Å²) >= 11 is 1.82. The Morgan fingerprint density at radius 3 is 2.74 bits per heavy atom. The first-order chi connectivity index (χ1) is 13.1. The molecule has 1 spiro atoms. The molecule has 3 saturated heterocycles. The SMILES string of the molecule is CCc1cc2c(N3CCC4(C3)CN(C(C(C)C)C3CNC3)C4)ncnc2s1. The van der Waals surface area contributed by atoms with Crippen LogP contribution in [0.1, 0.15) is 32.1 Å². The Morgan fingerprint density at radius 2 is 2.07 bits per heavy atom. The molecule has 0 radical (unpaired) electrons. The lowest BCUT2D eigenvalue weighted by molar-refractivity contribution is -0.0589. The van der Waals surface area contributed by atoms with Crippen LogP contribution < -0.4 is 10.2 Å². The van der Waals surface area contributed by atoms with Gasteiger partial charge in [-0.05, 0) is 30.7 Å². The van der Waals surface area contributed by atoms with Gasteiger partial charge in [0, 0.05) is 55.6 Å². The zero-order chi connectivity index (χ0) is 18.6. The number of hydrogen-bond acceptors (Lipinski definition) is 6. The molecule has 0 aliphatic carbocycles. The van der Waals surface area contributed by atoms with E-state index in [2.05, 4.69) is 46.9 Å². The molecule has 0 aromatic carbocycles. The molecule has 5 rings (SSSR count). The third-order valence-electron chi connectivity index (χ3n) is 6.92. The van der Waals surface area contributed by atoms with E-state index < -0.39 is 0 Å². The predicted octanol–water partition coefficient (Wildman–Crippen LogP) is 3.01. The van der Waals surface area contributed by atoms with Crippen molar-refractivity contribution in [3.8, 4) is 0 Å². The smallest absolute Gasteiger partial charge is 0.140 e. The minimum absolute atomic E-state index is 0.477. The molecule has 3 aliphatic heterocycles. The summed E-state index contributed by atoms with van der Waals surface area (Å²) < 4.78 is 0. The average Bonchev–Trinajstić information content (AvgIpc) is 3.20. The molecule has 1 unspecified atom stereocenters. The van der Waals surface area contributed by atoms with E-state index in [1.54, 1.807) is 6.33 Å². The molecule has 27 heavy (non-hydrogen) atoms. The third kappa shape index (κ3) is 2.97. The van der Waals surface area contributed by atoms with Crippen LogP contribution in [0, 0.1) is 17.3 Å². The third-order valence-corrected chi connectivity index (χ3v) is 8.11. The largest absolute Gasteiger partial charge is 0.355 e. The normalized spacial score (nSPS) is 23.9. The molecular weight excluding hydrogens is 354 g/mol. The van der Waals surface area contributed by atoms with Gasteiger partial charge in [0.05, 0.1) is 5.39 Å². The van der Waals surface area contributed by atoms with Crippen molar-refractivity contribution in [2.75, 3.05) is 44.2 Å². The number of thiophene rings is 1. The Bertz CT molecular complexity index is 821. The van der Waals surface area contributed by atoms with Crippen molar-refractivity contribution in [1.29, 1.82) is 0 Å². The van der Waals surface area contributed by atoms with E-state index in [0.717, 1.165) is 48.0 Å². The Kier molecular flexibility index (Phi) is 4.41. The fraction of sp³-hybridized carbons (Fsp3) is 0.714. The van der Waals surface area contributed by atoms with Crippen LogP contribution in [0.4, 0.5) is 5.82 Å². The maximum absolute atomic E-state index is 4.69. The van der Waals surface area contributed by atoms with Gasteiger partial charge in [-0.2, -0.15) is 0 Å². The topological polar surface area (TPSA) is 44.3 Å². The number of aryl methyl sites for hydroxylation is 1. The molecule has 0 bridgehead atoms. The number of aromatic nitrogens is 2. The minimum atomic E-state index is 0.477. The molecule has 0 amide bonds. The maximum atomic E-state index is 4.69. The van der Waals surface area contributed by atoms with Gasteiger partial charge in [0.2, 0.25) is 0 Å². The molecule has 1 atom stereocenters. The van der Waals surface area contributed by atoms with E-state index in [0.29, 0.717) is 5.41 Å². The molecule has 3 fully saturated rings. The summed E-state index contributed by atoms with van der Waals surface area (Å²) in [5.41, 5.74) is 0.477. The van der Waals surface area contributed by atoms with Crippen LogP contribution in [0.25, 0.3) is 10.2 Å². The number of anilines is 1. The van der Waals surface area contributed by atoms with E-state index in [9.17, 15) is 0 Å². The maximum Gasteiger partial charge on any atom is 0.140 e. The Labute approximate surface area is 166 Å². The second kappa shape index (κ2) is 6.68. The fourth-order valence-electron chi connectivity index (χ4n) is 5.54. The molecule has 2 aromatic heterocycles. The number of nitrogens with one attached hydrogen (secondary N) is 1. The summed E-state index contributed by atoms with van der Waals surface area (Å²) in [6.45, 7) is 14.2. The number of fused-ring (bicyclic) bond motifs is 1. The summed E-state index contributed by atoms with van der Waals surface area (Å²) in [6.07, 6.45) is 4.13. The molecule has 2 aromatic rings. The van der Waals surface area contributed by atoms with Crippen LogP contribution in [-0.4, -0.2) is 60.2 Å². The quantitative estimate of drug-likeness (QED) is 0.857. The summed E-state index contributed by atoms with van der Waals surface area (Å²) in [5.74, 6) is 2.75. The highest BCUT2D eigenvalue weighted by Gasteiger charge is 2.51. The van der Waals surface area contributed by atoms with E-state index >= 15 is 0 Å². The first kappa shape index (κ1) is 17.8. The van der Waals surface area contributed by atoms with Crippen molar-refractivity contribution in [1.82, 2.24) is 20.2 Å². The van der Waals surface area contributed by atoms with Crippen molar-refractivity contribution in [3.05, 3.63) is 17.3 Å². The Balaban J connectivity index is 1.31. The Morgan fingerprint density at radius 1 is 1.26 bits per heavy atom. The molecule has 146 valence electrons. The highest BCUT2D eigenvalue weighted by Crippen LogP contribution is 2.45. The standard InChI is InChI=1S/C21H31N5S/c1-4-16-7-17-19(23-13-24-20(17)27-16)25-6-5-21(10-25)11-26(12-21)18(14(2)3)15-8-22-9-15/h7,13-15,18,22H,4-6,8-12H2,1-3H3. The lowest BCUT2D eigenvalue weighted by Crippen LogP contribution is -2.66. The summed E-state index contributed by atoms with van der Waals surface area (Å²) in [6, 6.07) is 3.06. The molecule has 0 saturated carbocycles. The predicted molar refractivity (Wildman–Crippen MR) is 113 cm³/mol. The summed E-state index contributed by atoms with van der Waals surface area (Å²) in [4.78, 5) is 17.1. The zero-order valence-corrected chi connectivity index (χ0v) is 17.6. The van der Waals surface area contributed by atoms with Crippen LogP contribution >= 0.6 is 11.3 Å². The zero-order valence-electron chi connectivity index (χ0n) is 16.7. The number of likely N-dealkylation sites (tertiary alicyclic amines) is 1. The summed E-state index contributed by atoms with van der Waals surface area (Å²) in [7, 11) is 0. The van der Waals surface area contributed by atoms with Gasteiger partial charge in [0.25, 0.3) is 0 Å². The number of hydrogen-bond donors (Lipinski definition) is 1. The van der Waals surface area contributed by atoms with Crippen molar-refractivity contribution < 1.29 is 0 Å². The van der Waals surface area contributed by atoms with Crippen LogP contribution in [0.3, 0.4) is 0 Å². The summed E-state index contributed by atoms with van der Waals surface area (Å²) in [5, 5.41) is 4.72. The number of rotatable bonds is 5. The van der Waals surface area contributed by atoms with E-state index in [1.165, 1.54) is 42.9 Å². The van der Waals surface area contributed by atoms with Gasteiger partial charge in [0.1, 0.15) is 17.0 Å². The fourth-order valence-corrected chi connectivity index (χ4v) is 6.47. The van der Waals surface area contributed by atoms with Crippen LogP contribution in [0.5, 0.6) is 0 Å². The average molecular weight is 386 g/mol. The van der Waals surface area contributed by atoms with Gasteiger partial charge < -0.3 is 10.2 Å². The second-order valence-corrected chi connectivity index (χ2v) is 10.3. The van der Waals surface area contributed by atoms with Gasteiger partial charge in [-0.25, -0.2) is 9.97 Å². The molecule has 3 aliphatic rings. The van der Waals surface area contributed by atoms with Crippen LogP contribution in [-0.2, 0) is 6.42 Å². The van der Waals surface area contributed by atoms with Crippen LogP contribution in [0.15, 0.2) is 12.4 Å². The van der Waals surface area contributed by atoms with Gasteiger partial charge in [-0.15, -0.1) is 11.3 Å². The first-order valence-electron chi connectivity index (χ1n) is 10.5. The first-order valence-corrected chi connectivity index (χ1v) is 11.3. The highest BCUT2D eigenvalue weighted by atomic mass is 32.1. The monoisotopic (exact) mass is 385 g/mol. The van der Waals surface area contributed by atoms with Gasteiger partial charge >= 0.3 is 0 Å². The van der Waals surface area contributed by atoms with Crippen molar-refractivity contribution >= 4 is 27.4 Å². The molecule has 5 nitrogen and oxygen atoms in total. The van der Waals surface area contributed by atoms with Gasteiger partial charge in [-0.3, -0.25) is 4.90 Å².